The normalized spacial score (nSPS) is 29.9. The van der Waals surface area contributed by atoms with E-state index in [1.807, 2.05) is 6.08 Å². The summed E-state index contributed by atoms with van der Waals surface area (Å²) in [4.78, 5) is 36.3. The Kier molecular flexibility index (Phi) is 7.75. The molecule has 2 saturated carbocycles. The number of hydrogen-bond acceptors (Lipinski definition) is 5. The minimum absolute atomic E-state index is 0.0254. The third-order valence-electron chi connectivity index (χ3n) is 6.36. The standard InChI is InChI=1S/C27H32N2O5/c30-22(28-20-15-16-20)13-6-1-2-9-17-27(33)18-21(24(32)25-26(27)34-25)29-23(31)14-8-7-12-19-10-4-3-5-11-19/h1-2,6-9,12-14,17-20,25-26,33H,3-5,10-11,15-16H2,(H,28,30)(H,29,31)/b2-1+,12-7+,13-6+,14-8+,17-9+/t25-,26-,27+/m0/s1. The van der Waals surface area contributed by atoms with Gasteiger partial charge in [-0.25, -0.2) is 0 Å². The molecule has 3 atom stereocenters. The Morgan fingerprint density at radius 3 is 2.41 bits per heavy atom. The summed E-state index contributed by atoms with van der Waals surface area (Å²) in [6.07, 6.45) is 24.7. The fraction of sp³-hybridized carbons (Fsp3) is 0.444. The summed E-state index contributed by atoms with van der Waals surface area (Å²) >= 11 is 0. The van der Waals surface area contributed by atoms with E-state index in [4.69, 9.17) is 4.74 Å². The van der Waals surface area contributed by atoms with Crippen LogP contribution in [0.1, 0.15) is 44.9 Å². The number of fused-ring (bicyclic) bond motifs is 1. The Morgan fingerprint density at radius 2 is 1.65 bits per heavy atom. The van der Waals surface area contributed by atoms with Crippen LogP contribution < -0.4 is 10.6 Å². The predicted octanol–water partition coefficient (Wildman–Crippen LogP) is 2.71. The minimum Gasteiger partial charge on any atom is -0.379 e. The molecule has 0 unspecified atom stereocenters. The number of carbonyl (C=O) groups is 3. The number of epoxide rings is 1. The topological polar surface area (TPSA) is 108 Å². The third-order valence-corrected chi connectivity index (χ3v) is 6.36. The second kappa shape index (κ2) is 10.9. The van der Waals surface area contributed by atoms with Crippen molar-refractivity contribution in [1.82, 2.24) is 10.6 Å². The average molecular weight is 465 g/mol. The lowest BCUT2D eigenvalue weighted by molar-refractivity contribution is -0.121. The zero-order valence-corrected chi connectivity index (χ0v) is 19.2. The summed E-state index contributed by atoms with van der Waals surface area (Å²) in [7, 11) is 0. The van der Waals surface area contributed by atoms with E-state index in [-0.39, 0.29) is 17.4 Å². The van der Waals surface area contributed by atoms with Gasteiger partial charge in [0.05, 0.1) is 5.70 Å². The van der Waals surface area contributed by atoms with Gasteiger partial charge in [-0.3, -0.25) is 14.4 Å². The Balaban J connectivity index is 1.30. The van der Waals surface area contributed by atoms with Crippen molar-refractivity contribution in [3.8, 4) is 0 Å². The molecule has 1 aliphatic heterocycles. The molecule has 0 bridgehead atoms. The smallest absolute Gasteiger partial charge is 0.248 e. The summed E-state index contributed by atoms with van der Waals surface area (Å²) in [5.41, 5.74) is -1.49. The fourth-order valence-corrected chi connectivity index (χ4v) is 4.26. The molecule has 0 spiro atoms. The zero-order valence-electron chi connectivity index (χ0n) is 19.2. The van der Waals surface area contributed by atoms with Gasteiger partial charge >= 0.3 is 0 Å². The molecule has 3 N–H and O–H groups in total. The Hall–Kier alpha value is -3.03. The van der Waals surface area contributed by atoms with Gasteiger partial charge < -0.3 is 20.5 Å². The van der Waals surface area contributed by atoms with Gasteiger partial charge in [-0.05, 0) is 43.8 Å². The van der Waals surface area contributed by atoms with E-state index in [0.29, 0.717) is 12.0 Å². The number of nitrogens with one attached hydrogen (secondary N) is 2. The van der Waals surface area contributed by atoms with Crippen LogP contribution in [0, 0.1) is 5.92 Å². The van der Waals surface area contributed by atoms with Crippen molar-refractivity contribution in [2.24, 2.45) is 5.92 Å². The van der Waals surface area contributed by atoms with Crippen LogP contribution >= 0.6 is 0 Å². The molecule has 34 heavy (non-hydrogen) atoms. The number of amides is 2. The molecule has 180 valence electrons. The Bertz CT molecular complexity index is 979. The number of Topliss-reactive ketones (excluding diaryl/α,β-unsaturated/α-hetero) is 1. The molecule has 3 fully saturated rings. The van der Waals surface area contributed by atoms with Crippen molar-refractivity contribution >= 4 is 17.6 Å². The molecular weight excluding hydrogens is 432 g/mol. The number of rotatable bonds is 9. The van der Waals surface area contributed by atoms with Gasteiger partial charge in [-0.2, -0.15) is 0 Å². The van der Waals surface area contributed by atoms with Crippen molar-refractivity contribution < 1.29 is 24.2 Å². The molecule has 2 amide bonds. The highest BCUT2D eigenvalue weighted by Gasteiger charge is 2.59. The fourth-order valence-electron chi connectivity index (χ4n) is 4.26. The summed E-state index contributed by atoms with van der Waals surface area (Å²) in [5.74, 6) is -0.341. The number of allylic oxidation sites excluding steroid dienone is 7. The largest absolute Gasteiger partial charge is 0.379 e. The third kappa shape index (κ3) is 6.74. The van der Waals surface area contributed by atoms with Crippen LogP contribution in [-0.4, -0.2) is 46.6 Å². The van der Waals surface area contributed by atoms with Crippen molar-refractivity contribution in [2.75, 3.05) is 0 Å². The molecule has 1 heterocycles. The molecule has 0 radical (unpaired) electrons. The maximum Gasteiger partial charge on any atom is 0.248 e. The first-order chi connectivity index (χ1) is 16.4. The highest BCUT2D eigenvalue weighted by Crippen LogP contribution is 2.40. The lowest BCUT2D eigenvalue weighted by Gasteiger charge is -2.23. The van der Waals surface area contributed by atoms with Crippen molar-refractivity contribution in [2.45, 2.75) is 68.8 Å². The van der Waals surface area contributed by atoms with E-state index in [1.165, 1.54) is 56.4 Å². The van der Waals surface area contributed by atoms with Gasteiger partial charge in [0.1, 0.15) is 11.7 Å². The van der Waals surface area contributed by atoms with Crippen LogP contribution in [0.4, 0.5) is 0 Å². The highest BCUT2D eigenvalue weighted by molar-refractivity contribution is 6.06. The average Bonchev–Trinajstić information content (AvgIpc) is 3.73. The predicted molar refractivity (Wildman–Crippen MR) is 128 cm³/mol. The lowest BCUT2D eigenvalue weighted by atomic mass is 9.88. The molecule has 7 nitrogen and oxygen atoms in total. The number of ketones is 1. The summed E-state index contributed by atoms with van der Waals surface area (Å²) in [6, 6.07) is 0.311. The first-order valence-electron chi connectivity index (χ1n) is 12.1. The molecule has 7 heteroatoms. The van der Waals surface area contributed by atoms with Crippen LogP contribution in [0.25, 0.3) is 0 Å². The van der Waals surface area contributed by atoms with E-state index < -0.39 is 23.7 Å². The lowest BCUT2D eigenvalue weighted by Crippen LogP contribution is -2.42. The number of aliphatic hydroxyl groups is 1. The second-order valence-electron chi connectivity index (χ2n) is 9.30. The first kappa shape index (κ1) is 24.1. The zero-order chi connectivity index (χ0) is 24.0. The number of ether oxygens (including phenoxy) is 1. The van der Waals surface area contributed by atoms with E-state index in [0.717, 1.165) is 12.8 Å². The second-order valence-corrected chi connectivity index (χ2v) is 9.30. The van der Waals surface area contributed by atoms with Crippen LogP contribution in [-0.2, 0) is 19.1 Å². The van der Waals surface area contributed by atoms with E-state index in [9.17, 15) is 19.5 Å². The first-order valence-corrected chi connectivity index (χ1v) is 12.1. The van der Waals surface area contributed by atoms with Crippen molar-refractivity contribution in [1.29, 1.82) is 0 Å². The van der Waals surface area contributed by atoms with Crippen molar-refractivity contribution in [3.05, 3.63) is 72.5 Å². The highest BCUT2D eigenvalue weighted by atomic mass is 16.6. The van der Waals surface area contributed by atoms with Crippen LogP contribution in [0.2, 0.25) is 0 Å². The summed E-state index contributed by atoms with van der Waals surface area (Å²) in [5, 5.41) is 16.4. The number of hydrogen-bond donors (Lipinski definition) is 3. The van der Waals surface area contributed by atoms with Gasteiger partial charge in [0, 0.05) is 18.2 Å². The van der Waals surface area contributed by atoms with E-state index in [1.54, 1.807) is 30.4 Å². The van der Waals surface area contributed by atoms with Crippen LogP contribution in [0.3, 0.4) is 0 Å². The van der Waals surface area contributed by atoms with E-state index in [2.05, 4.69) is 16.7 Å². The SMILES string of the molecule is O=C(/C=C/C=C/C1CCCCC1)NC1=C[C@](O)(/C=C/C=C/C=C/C(=O)NC2CC2)[C@H]2O[C@H]2C1=O. The summed E-state index contributed by atoms with van der Waals surface area (Å²) in [6.45, 7) is 0. The molecule has 4 aliphatic rings. The molecule has 4 rings (SSSR count). The van der Waals surface area contributed by atoms with Crippen molar-refractivity contribution in [3.63, 3.8) is 0 Å². The van der Waals surface area contributed by atoms with Gasteiger partial charge in [0.25, 0.3) is 0 Å². The quantitative estimate of drug-likeness (QED) is 0.276. The Labute approximate surface area is 200 Å². The van der Waals surface area contributed by atoms with E-state index >= 15 is 0 Å². The summed E-state index contributed by atoms with van der Waals surface area (Å²) < 4.78 is 5.36. The van der Waals surface area contributed by atoms with Gasteiger partial charge in [-0.15, -0.1) is 0 Å². The molecule has 3 aliphatic carbocycles. The van der Waals surface area contributed by atoms with Gasteiger partial charge in [0.15, 0.2) is 6.10 Å². The molecule has 1 saturated heterocycles. The monoisotopic (exact) mass is 464 g/mol. The van der Waals surface area contributed by atoms with Gasteiger partial charge in [-0.1, -0.05) is 61.8 Å². The maximum atomic E-state index is 12.4. The Morgan fingerprint density at radius 1 is 0.941 bits per heavy atom. The van der Waals surface area contributed by atoms with Gasteiger partial charge in [0.2, 0.25) is 17.6 Å². The van der Waals surface area contributed by atoms with Crippen LogP contribution in [0.5, 0.6) is 0 Å². The molecular formula is C27H32N2O5. The molecule has 0 aromatic carbocycles. The minimum atomic E-state index is -1.51. The maximum absolute atomic E-state index is 12.4. The van der Waals surface area contributed by atoms with Crippen LogP contribution in [0.15, 0.2) is 72.5 Å². The molecule has 0 aromatic heterocycles. The molecule has 0 aromatic rings. The number of carbonyl (C=O) groups excluding carboxylic acids is 3.